The number of benzene rings is 2. The number of halogens is 1. The molecule has 0 aliphatic carbocycles. The second-order valence-electron chi connectivity index (χ2n) is 9.56. The monoisotopic (exact) mass is 506 g/mol. The molecular weight excluding hydrogens is 480 g/mol. The van der Waals surface area contributed by atoms with Crippen LogP contribution in [0.15, 0.2) is 59.1 Å². The average molecular weight is 507 g/mol. The maximum absolute atomic E-state index is 14.0. The molecular formula is C27H27BrN2O3. The molecule has 5 nitrogen and oxygen atoms in total. The molecule has 0 spiro atoms. The van der Waals surface area contributed by atoms with Crippen LogP contribution >= 0.6 is 15.9 Å². The van der Waals surface area contributed by atoms with Gasteiger partial charge in [0.05, 0.1) is 24.8 Å². The molecule has 6 heteroatoms. The minimum atomic E-state index is -1.58. The van der Waals surface area contributed by atoms with Crippen molar-refractivity contribution in [1.82, 2.24) is 0 Å². The summed E-state index contributed by atoms with van der Waals surface area (Å²) in [6, 6.07) is 16.3. The van der Waals surface area contributed by atoms with Crippen LogP contribution in [-0.4, -0.2) is 30.4 Å². The van der Waals surface area contributed by atoms with Gasteiger partial charge in [-0.25, -0.2) is 0 Å². The molecule has 170 valence electrons. The maximum Gasteiger partial charge on any atom is 0.329 e. The van der Waals surface area contributed by atoms with Gasteiger partial charge in [-0.1, -0.05) is 79.2 Å². The van der Waals surface area contributed by atoms with E-state index in [1.54, 1.807) is 6.92 Å². The molecule has 0 radical (unpaired) electrons. The second kappa shape index (κ2) is 8.46. The Kier molecular flexibility index (Phi) is 5.96. The Morgan fingerprint density at radius 3 is 2.42 bits per heavy atom. The lowest BCUT2D eigenvalue weighted by Crippen LogP contribution is -2.48. The summed E-state index contributed by atoms with van der Waals surface area (Å²) in [5, 5.41) is 10.7. The number of para-hydroxylation sites is 1. The van der Waals surface area contributed by atoms with Crippen LogP contribution in [0.5, 0.6) is 0 Å². The van der Waals surface area contributed by atoms with Gasteiger partial charge in [0.2, 0.25) is 0 Å². The summed E-state index contributed by atoms with van der Waals surface area (Å²) >= 11 is 3.47. The Morgan fingerprint density at radius 1 is 1.15 bits per heavy atom. The number of carbonyl (C=O) groups excluding carboxylic acids is 2. The number of rotatable bonds is 4. The van der Waals surface area contributed by atoms with Crippen molar-refractivity contribution in [2.24, 2.45) is 10.8 Å². The third-order valence-electron chi connectivity index (χ3n) is 6.58. The van der Waals surface area contributed by atoms with E-state index in [0.29, 0.717) is 0 Å². The summed E-state index contributed by atoms with van der Waals surface area (Å²) in [7, 11) is 0. The van der Waals surface area contributed by atoms with Gasteiger partial charge in [-0.05, 0) is 36.2 Å². The predicted molar refractivity (Wildman–Crippen MR) is 132 cm³/mol. The van der Waals surface area contributed by atoms with E-state index in [9.17, 15) is 14.9 Å². The lowest BCUT2D eigenvalue weighted by molar-refractivity contribution is -0.152. The zero-order valence-electron chi connectivity index (χ0n) is 19.2. The topological polar surface area (TPSA) is 70.4 Å². The van der Waals surface area contributed by atoms with E-state index in [0.717, 1.165) is 21.3 Å². The summed E-state index contributed by atoms with van der Waals surface area (Å²) in [6.45, 7) is 7.52. The van der Waals surface area contributed by atoms with Crippen LogP contribution in [0, 0.1) is 22.2 Å². The highest BCUT2D eigenvalue weighted by atomic mass is 79.9. The molecule has 2 aliphatic rings. The number of ether oxygens (including phenoxy) is 1. The first-order valence-corrected chi connectivity index (χ1v) is 11.9. The van der Waals surface area contributed by atoms with Gasteiger partial charge in [0.1, 0.15) is 0 Å². The van der Waals surface area contributed by atoms with E-state index in [1.165, 1.54) is 0 Å². The zero-order chi connectivity index (χ0) is 24.0. The van der Waals surface area contributed by atoms with E-state index < -0.39 is 34.8 Å². The number of anilines is 1. The third kappa shape index (κ3) is 3.59. The van der Waals surface area contributed by atoms with E-state index in [4.69, 9.17) is 4.74 Å². The van der Waals surface area contributed by atoms with E-state index in [-0.39, 0.29) is 12.4 Å². The first-order chi connectivity index (χ1) is 15.7. The van der Waals surface area contributed by atoms with Crippen LogP contribution < -0.4 is 4.90 Å². The second-order valence-corrected chi connectivity index (χ2v) is 10.5. The van der Waals surface area contributed by atoms with Crippen LogP contribution in [0.1, 0.15) is 44.7 Å². The normalized spacial score (nSPS) is 25.7. The van der Waals surface area contributed by atoms with Crippen molar-refractivity contribution >= 4 is 39.4 Å². The molecule has 4 rings (SSSR count). The van der Waals surface area contributed by atoms with Crippen molar-refractivity contribution in [1.29, 1.82) is 5.26 Å². The van der Waals surface area contributed by atoms with Gasteiger partial charge in [-0.3, -0.25) is 9.59 Å². The van der Waals surface area contributed by atoms with Crippen LogP contribution in [0.2, 0.25) is 0 Å². The van der Waals surface area contributed by atoms with Crippen LogP contribution in [0.3, 0.4) is 0 Å². The molecule has 2 aromatic rings. The van der Waals surface area contributed by atoms with E-state index in [1.807, 2.05) is 86.4 Å². The molecule has 0 unspecified atom stereocenters. The van der Waals surface area contributed by atoms with Gasteiger partial charge in [-0.2, -0.15) is 5.26 Å². The number of hydrogen-bond acceptors (Lipinski definition) is 5. The van der Waals surface area contributed by atoms with Crippen molar-refractivity contribution in [2.45, 2.75) is 45.7 Å². The van der Waals surface area contributed by atoms with Crippen LogP contribution in [0.25, 0.3) is 6.08 Å². The summed E-state index contributed by atoms with van der Waals surface area (Å²) in [6.07, 6.45) is 3.81. The number of hydrogen-bond donors (Lipinski definition) is 0. The van der Waals surface area contributed by atoms with E-state index >= 15 is 0 Å². The lowest BCUT2D eigenvalue weighted by Gasteiger charge is -2.37. The smallest absolute Gasteiger partial charge is 0.329 e. The number of ketones is 1. The summed E-state index contributed by atoms with van der Waals surface area (Å²) < 4.78 is 6.38. The van der Waals surface area contributed by atoms with Gasteiger partial charge < -0.3 is 9.64 Å². The minimum Gasteiger partial charge on any atom is -0.465 e. The molecule has 2 aliphatic heterocycles. The van der Waals surface area contributed by atoms with Gasteiger partial charge in [0, 0.05) is 21.5 Å². The van der Waals surface area contributed by atoms with Gasteiger partial charge in [-0.15, -0.1) is 0 Å². The molecule has 0 aromatic heterocycles. The molecule has 0 N–H and O–H groups in total. The van der Waals surface area contributed by atoms with Gasteiger partial charge >= 0.3 is 5.97 Å². The minimum absolute atomic E-state index is 0.0213. The van der Waals surface area contributed by atoms with Gasteiger partial charge in [0.25, 0.3) is 0 Å². The molecule has 2 heterocycles. The first-order valence-electron chi connectivity index (χ1n) is 11.1. The number of fused-ring (bicyclic) bond motifs is 3. The largest absolute Gasteiger partial charge is 0.465 e. The SMILES string of the molecule is CCOC(=O)[C@]1(C#N)[C@H](c2ccc(Br)cc2)[C@H](C(=O)C(C)(C)C)N2c3ccccc3C=C[C@@H]21. The molecule has 2 aromatic carbocycles. The highest BCUT2D eigenvalue weighted by Gasteiger charge is 2.67. The standard InChI is InChI=1S/C27H27BrN2O3/c1-5-33-25(32)27(16-29)21-15-12-17-8-6-7-9-20(17)30(21)23(24(31)26(2,3)4)22(27)18-10-13-19(28)14-11-18/h6-15,21-23H,5H2,1-4H3/t21-,22-,23-,27+/m1/s1. The highest BCUT2D eigenvalue weighted by Crippen LogP contribution is 2.57. The number of esters is 1. The maximum atomic E-state index is 14.0. The van der Waals surface area contributed by atoms with Crippen molar-refractivity contribution in [2.75, 3.05) is 11.5 Å². The molecule has 0 bridgehead atoms. The Balaban J connectivity index is 2.05. The predicted octanol–water partition coefficient (Wildman–Crippen LogP) is 5.51. The van der Waals surface area contributed by atoms with Crippen LogP contribution in [-0.2, 0) is 14.3 Å². The molecule has 0 saturated carbocycles. The van der Waals surface area contributed by atoms with Crippen molar-refractivity contribution in [3.63, 3.8) is 0 Å². The number of carbonyl (C=O) groups is 2. The number of nitrogens with zero attached hydrogens (tertiary/aromatic N) is 2. The fourth-order valence-electron chi connectivity index (χ4n) is 5.10. The molecule has 33 heavy (non-hydrogen) atoms. The Bertz CT molecular complexity index is 1160. The Hall–Kier alpha value is -2.91. The van der Waals surface area contributed by atoms with Crippen molar-refractivity contribution in [3.8, 4) is 6.07 Å². The lowest BCUT2D eigenvalue weighted by atomic mass is 9.67. The summed E-state index contributed by atoms with van der Waals surface area (Å²) in [4.78, 5) is 29.6. The zero-order valence-corrected chi connectivity index (χ0v) is 20.8. The summed E-state index contributed by atoms with van der Waals surface area (Å²) in [5.41, 5.74) is 0.290. The van der Waals surface area contributed by atoms with E-state index in [2.05, 4.69) is 22.0 Å². The fourth-order valence-corrected chi connectivity index (χ4v) is 5.37. The molecule has 1 fully saturated rings. The fraction of sp³-hybridized carbons (Fsp3) is 0.370. The average Bonchev–Trinajstić information content (AvgIpc) is 3.10. The van der Waals surface area contributed by atoms with Crippen molar-refractivity contribution < 1.29 is 14.3 Å². The first kappa shape index (κ1) is 23.3. The van der Waals surface area contributed by atoms with Crippen molar-refractivity contribution in [3.05, 3.63) is 70.2 Å². The third-order valence-corrected chi connectivity index (χ3v) is 7.11. The summed E-state index contributed by atoms with van der Waals surface area (Å²) in [5.74, 6) is -1.32. The van der Waals surface area contributed by atoms with Crippen LogP contribution in [0.4, 0.5) is 5.69 Å². The van der Waals surface area contributed by atoms with Gasteiger partial charge in [0.15, 0.2) is 11.2 Å². The molecule has 4 atom stereocenters. The molecule has 1 saturated heterocycles. The number of nitriles is 1. The Morgan fingerprint density at radius 2 is 1.82 bits per heavy atom. The molecule has 0 amide bonds. The highest BCUT2D eigenvalue weighted by molar-refractivity contribution is 9.10. The number of Topliss-reactive ketones (excluding diaryl/α,β-unsaturated/α-hetero) is 1. The quantitative estimate of drug-likeness (QED) is 0.511. The Labute approximate surface area is 203 Å².